The summed E-state index contributed by atoms with van der Waals surface area (Å²) in [5.41, 5.74) is 6.69. The lowest BCUT2D eigenvalue weighted by Gasteiger charge is -2.10. The van der Waals surface area contributed by atoms with Gasteiger partial charge in [0.15, 0.2) is 0 Å². The van der Waals surface area contributed by atoms with Gasteiger partial charge in [0.25, 0.3) is 0 Å². The number of hydrogen-bond donors (Lipinski definition) is 3. The predicted octanol–water partition coefficient (Wildman–Crippen LogP) is 2.21. The summed E-state index contributed by atoms with van der Waals surface area (Å²) in [5, 5.41) is 20.6. The molecule has 0 fully saturated rings. The first-order valence-electron chi connectivity index (χ1n) is 4.49. The van der Waals surface area contributed by atoms with Gasteiger partial charge >= 0.3 is 0 Å². The van der Waals surface area contributed by atoms with Crippen LogP contribution in [0.2, 0.25) is 0 Å². The van der Waals surface area contributed by atoms with Crippen LogP contribution in [0.4, 0.5) is 0 Å². The summed E-state index contributed by atoms with van der Waals surface area (Å²) in [6.45, 7) is 0. The van der Waals surface area contributed by atoms with Gasteiger partial charge < -0.3 is 15.9 Å². The molecule has 2 aromatic rings. The molecule has 0 spiro atoms. The highest BCUT2D eigenvalue weighted by Crippen LogP contribution is 2.29. The SMILES string of the molecule is N[C@H](c1cc(O)cc(O)c1)c1cccs1. The fraction of sp³-hybridized carbons (Fsp3) is 0.0909. The molecule has 4 N–H and O–H groups in total. The predicted molar refractivity (Wildman–Crippen MR) is 60.1 cm³/mol. The maximum Gasteiger partial charge on any atom is 0.119 e. The molecule has 1 atom stereocenters. The molecule has 4 heteroatoms. The third-order valence-electron chi connectivity index (χ3n) is 2.13. The van der Waals surface area contributed by atoms with E-state index in [0.717, 1.165) is 4.88 Å². The molecule has 0 aliphatic rings. The third-order valence-corrected chi connectivity index (χ3v) is 3.09. The van der Waals surface area contributed by atoms with Gasteiger partial charge in [0.2, 0.25) is 0 Å². The Morgan fingerprint density at radius 2 is 1.80 bits per heavy atom. The summed E-state index contributed by atoms with van der Waals surface area (Å²) in [6, 6.07) is 7.95. The van der Waals surface area contributed by atoms with Crippen molar-refractivity contribution in [3.05, 3.63) is 46.2 Å². The first-order chi connectivity index (χ1) is 7.16. The lowest BCUT2D eigenvalue weighted by molar-refractivity contribution is 0.448. The van der Waals surface area contributed by atoms with E-state index in [2.05, 4.69) is 0 Å². The average molecular weight is 221 g/mol. The summed E-state index contributed by atoms with van der Waals surface area (Å²) in [4.78, 5) is 1.00. The smallest absolute Gasteiger partial charge is 0.119 e. The van der Waals surface area contributed by atoms with E-state index in [1.807, 2.05) is 17.5 Å². The van der Waals surface area contributed by atoms with Crippen molar-refractivity contribution < 1.29 is 10.2 Å². The van der Waals surface area contributed by atoms with Gasteiger partial charge in [0.1, 0.15) is 11.5 Å². The molecule has 1 aromatic heterocycles. The fourth-order valence-electron chi connectivity index (χ4n) is 1.43. The molecule has 0 saturated carbocycles. The summed E-state index contributed by atoms with van der Waals surface area (Å²) in [7, 11) is 0. The molecule has 0 saturated heterocycles. The second-order valence-electron chi connectivity index (χ2n) is 3.28. The molecular weight excluding hydrogens is 210 g/mol. The van der Waals surface area contributed by atoms with Crippen LogP contribution in [0, 0.1) is 0 Å². The number of benzene rings is 1. The van der Waals surface area contributed by atoms with Crippen molar-refractivity contribution in [2.24, 2.45) is 5.73 Å². The number of hydrogen-bond acceptors (Lipinski definition) is 4. The van der Waals surface area contributed by atoms with Crippen molar-refractivity contribution in [2.75, 3.05) is 0 Å². The molecule has 0 unspecified atom stereocenters. The molecule has 1 aromatic carbocycles. The molecule has 3 nitrogen and oxygen atoms in total. The Bertz CT molecular complexity index is 433. The summed E-state index contributed by atoms with van der Waals surface area (Å²) in [6.07, 6.45) is 0. The monoisotopic (exact) mass is 221 g/mol. The Labute approximate surface area is 91.4 Å². The zero-order valence-corrected chi connectivity index (χ0v) is 8.74. The van der Waals surface area contributed by atoms with E-state index < -0.39 is 0 Å². The van der Waals surface area contributed by atoms with Gasteiger partial charge in [0, 0.05) is 10.9 Å². The number of nitrogens with two attached hydrogens (primary N) is 1. The van der Waals surface area contributed by atoms with E-state index in [0.29, 0.717) is 5.56 Å². The molecule has 2 rings (SSSR count). The normalized spacial score (nSPS) is 12.6. The summed E-state index contributed by atoms with van der Waals surface area (Å²) >= 11 is 1.55. The van der Waals surface area contributed by atoms with Crippen LogP contribution in [0.1, 0.15) is 16.5 Å². The maximum absolute atomic E-state index is 9.33. The largest absolute Gasteiger partial charge is 0.508 e. The average Bonchev–Trinajstić information content (AvgIpc) is 2.67. The van der Waals surface area contributed by atoms with Gasteiger partial charge in [-0.2, -0.15) is 0 Å². The zero-order chi connectivity index (χ0) is 10.8. The molecule has 15 heavy (non-hydrogen) atoms. The van der Waals surface area contributed by atoms with Crippen LogP contribution in [0.25, 0.3) is 0 Å². The minimum atomic E-state index is -0.303. The molecule has 78 valence electrons. The Morgan fingerprint density at radius 3 is 2.33 bits per heavy atom. The third kappa shape index (κ3) is 2.11. The van der Waals surface area contributed by atoms with Gasteiger partial charge in [-0.25, -0.2) is 0 Å². The van der Waals surface area contributed by atoms with Crippen molar-refractivity contribution in [2.45, 2.75) is 6.04 Å². The number of rotatable bonds is 2. The molecular formula is C11H11NO2S. The minimum absolute atomic E-state index is 0.0250. The van der Waals surface area contributed by atoms with Gasteiger partial charge in [-0.05, 0) is 29.1 Å². The van der Waals surface area contributed by atoms with Gasteiger partial charge in [-0.1, -0.05) is 6.07 Å². The number of phenols is 2. The van der Waals surface area contributed by atoms with E-state index in [1.54, 1.807) is 23.5 Å². The van der Waals surface area contributed by atoms with Crippen molar-refractivity contribution in [1.29, 1.82) is 0 Å². The van der Waals surface area contributed by atoms with Crippen LogP contribution in [0.3, 0.4) is 0 Å². The Morgan fingerprint density at radius 1 is 1.13 bits per heavy atom. The van der Waals surface area contributed by atoms with Crippen LogP contribution in [0.15, 0.2) is 35.7 Å². The Hall–Kier alpha value is -1.52. The van der Waals surface area contributed by atoms with E-state index >= 15 is 0 Å². The van der Waals surface area contributed by atoms with Gasteiger partial charge in [-0.3, -0.25) is 0 Å². The van der Waals surface area contributed by atoms with E-state index in [9.17, 15) is 10.2 Å². The van der Waals surface area contributed by atoms with E-state index in [-0.39, 0.29) is 17.5 Å². The molecule has 0 aliphatic carbocycles. The highest BCUT2D eigenvalue weighted by Gasteiger charge is 2.11. The van der Waals surface area contributed by atoms with Crippen LogP contribution in [-0.2, 0) is 0 Å². The number of aromatic hydroxyl groups is 2. The summed E-state index contributed by atoms with van der Waals surface area (Å²) in [5.74, 6) is 0.0500. The molecule has 0 bridgehead atoms. The van der Waals surface area contributed by atoms with Crippen molar-refractivity contribution in [1.82, 2.24) is 0 Å². The molecule has 0 aliphatic heterocycles. The fourth-order valence-corrected chi connectivity index (χ4v) is 2.18. The minimum Gasteiger partial charge on any atom is -0.508 e. The molecule has 0 amide bonds. The second-order valence-corrected chi connectivity index (χ2v) is 4.26. The Balaban J connectivity index is 2.37. The standard InChI is InChI=1S/C11H11NO2S/c12-11(10-2-1-3-15-10)7-4-8(13)6-9(14)5-7/h1-6,11,13-14H,12H2/t11-/m1/s1. The van der Waals surface area contributed by atoms with Crippen LogP contribution >= 0.6 is 11.3 Å². The molecule has 0 radical (unpaired) electrons. The highest BCUT2D eigenvalue weighted by atomic mass is 32.1. The zero-order valence-electron chi connectivity index (χ0n) is 7.92. The van der Waals surface area contributed by atoms with Crippen molar-refractivity contribution >= 4 is 11.3 Å². The van der Waals surface area contributed by atoms with E-state index in [1.165, 1.54) is 6.07 Å². The van der Waals surface area contributed by atoms with Gasteiger partial charge in [0.05, 0.1) is 6.04 Å². The quantitative estimate of drug-likeness (QED) is 0.728. The van der Waals surface area contributed by atoms with Gasteiger partial charge in [-0.15, -0.1) is 11.3 Å². The Kier molecular flexibility index (Phi) is 2.62. The van der Waals surface area contributed by atoms with Crippen molar-refractivity contribution in [3.8, 4) is 11.5 Å². The van der Waals surface area contributed by atoms with Crippen LogP contribution < -0.4 is 5.73 Å². The first kappa shape index (κ1) is 10.0. The lowest BCUT2D eigenvalue weighted by Crippen LogP contribution is -2.09. The number of thiophene rings is 1. The van der Waals surface area contributed by atoms with Crippen LogP contribution in [0.5, 0.6) is 11.5 Å². The van der Waals surface area contributed by atoms with Crippen LogP contribution in [-0.4, -0.2) is 10.2 Å². The topological polar surface area (TPSA) is 66.5 Å². The number of phenolic OH excluding ortho intramolecular Hbond substituents is 2. The van der Waals surface area contributed by atoms with E-state index in [4.69, 9.17) is 5.73 Å². The highest BCUT2D eigenvalue weighted by molar-refractivity contribution is 7.10. The first-order valence-corrected chi connectivity index (χ1v) is 5.36. The van der Waals surface area contributed by atoms with Crippen molar-refractivity contribution in [3.63, 3.8) is 0 Å². The second kappa shape index (κ2) is 3.92. The summed E-state index contributed by atoms with van der Waals surface area (Å²) < 4.78 is 0. The lowest BCUT2D eigenvalue weighted by atomic mass is 10.1. The maximum atomic E-state index is 9.33. The molecule has 1 heterocycles.